The number of carbonyl (C=O) groups is 1. The number of carbonyl (C=O) groups excluding carboxylic acids is 1. The van der Waals surface area contributed by atoms with Crippen molar-refractivity contribution in [3.8, 4) is 0 Å². The molecule has 2 rings (SSSR count). The predicted octanol–water partition coefficient (Wildman–Crippen LogP) is 1.96. The summed E-state index contributed by atoms with van der Waals surface area (Å²) in [5, 5.41) is 5.44. The van der Waals surface area contributed by atoms with Gasteiger partial charge in [-0.25, -0.2) is 4.98 Å². The maximum atomic E-state index is 11.8. The van der Waals surface area contributed by atoms with Crippen molar-refractivity contribution in [1.82, 2.24) is 10.3 Å². The van der Waals surface area contributed by atoms with Crippen molar-refractivity contribution < 1.29 is 4.79 Å². The Kier molecular flexibility index (Phi) is 3.38. The van der Waals surface area contributed by atoms with E-state index in [-0.39, 0.29) is 5.91 Å². The zero-order chi connectivity index (χ0) is 12.5. The van der Waals surface area contributed by atoms with Crippen molar-refractivity contribution >= 4 is 22.4 Å². The number of nitrogens with zero attached hydrogens (tertiary/aromatic N) is 1. The van der Waals surface area contributed by atoms with Crippen LogP contribution in [0.25, 0.3) is 0 Å². The Balaban J connectivity index is 1.82. The smallest absolute Gasteiger partial charge is 0.226 e. The van der Waals surface area contributed by atoms with Crippen molar-refractivity contribution in [1.29, 1.82) is 0 Å². The van der Waals surface area contributed by atoms with Gasteiger partial charge >= 0.3 is 0 Å². The van der Waals surface area contributed by atoms with Crippen LogP contribution in [-0.4, -0.2) is 16.9 Å². The van der Waals surface area contributed by atoms with E-state index >= 15 is 0 Å². The predicted molar refractivity (Wildman–Crippen MR) is 69.8 cm³/mol. The monoisotopic (exact) mass is 253 g/mol. The van der Waals surface area contributed by atoms with Gasteiger partial charge < -0.3 is 11.1 Å². The van der Waals surface area contributed by atoms with Gasteiger partial charge in [-0.15, -0.1) is 11.3 Å². The normalized spacial score (nSPS) is 22.6. The number of thiazole rings is 1. The van der Waals surface area contributed by atoms with E-state index in [9.17, 15) is 4.79 Å². The molecule has 1 saturated carbocycles. The lowest BCUT2D eigenvalue weighted by Crippen LogP contribution is -2.34. The molecule has 3 N–H and O–H groups in total. The van der Waals surface area contributed by atoms with E-state index in [1.165, 1.54) is 17.8 Å². The molecule has 1 atom stereocenters. The van der Waals surface area contributed by atoms with Gasteiger partial charge in [0.25, 0.3) is 0 Å². The van der Waals surface area contributed by atoms with Crippen LogP contribution >= 0.6 is 11.3 Å². The molecular formula is C12H19N3OS. The van der Waals surface area contributed by atoms with Crippen LogP contribution in [0.2, 0.25) is 0 Å². The summed E-state index contributed by atoms with van der Waals surface area (Å²) in [5.74, 6) is 0.0537. The minimum atomic E-state index is 0.0537. The van der Waals surface area contributed by atoms with E-state index in [2.05, 4.69) is 24.1 Å². The first-order valence-corrected chi connectivity index (χ1v) is 6.82. The maximum absolute atomic E-state index is 11.8. The van der Waals surface area contributed by atoms with E-state index in [1.54, 1.807) is 0 Å². The standard InChI is InChI=1S/C12H19N3OS/c1-12(2)4-3-8(6-12)14-10(16)5-9-7-17-11(13)15-9/h7-8H,3-6H2,1-2H3,(H2,13,15)(H,14,16). The Hall–Kier alpha value is -1.10. The lowest BCUT2D eigenvalue weighted by Gasteiger charge is -2.17. The minimum Gasteiger partial charge on any atom is -0.375 e. The summed E-state index contributed by atoms with van der Waals surface area (Å²) in [6.07, 6.45) is 3.67. The van der Waals surface area contributed by atoms with Gasteiger partial charge in [0, 0.05) is 11.4 Å². The van der Waals surface area contributed by atoms with Gasteiger partial charge in [-0.1, -0.05) is 13.8 Å². The number of amides is 1. The molecule has 1 aliphatic carbocycles. The highest BCUT2D eigenvalue weighted by molar-refractivity contribution is 7.13. The molecule has 1 aliphatic rings. The fourth-order valence-electron chi connectivity index (χ4n) is 2.41. The van der Waals surface area contributed by atoms with E-state index in [0.717, 1.165) is 18.5 Å². The van der Waals surface area contributed by atoms with Crippen LogP contribution in [-0.2, 0) is 11.2 Å². The van der Waals surface area contributed by atoms with Gasteiger partial charge in [0.2, 0.25) is 5.91 Å². The summed E-state index contributed by atoms with van der Waals surface area (Å²) in [6.45, 7) is 4.50. The first-order chi connectivity index (χ1) is 7.94. The SMILES string of the molecule is CC1(C)CCC(NC(=O)Cc2csc(N)n2)C1. The molecule has 0 saturated heterocycles. The highest BCUT2D eigenvalue weighted by atomic mass is 32.1. The Morgan fingerprint density at radius 3 is 3.00 bits per heavy atom. The lowest BCUT2D eigenvalue weighted by atomic mass is 9.92. The summed E-state index contributed by atoms with van der Waals surface area (Å²) in [5.41, 5.74) is 6.66. The Bertz CT molecular complexity index is 414. The van der Waals surface area contributed by atoms with Gasteiger partial charge in [0.05, 0.1) is 12.1 Å². The Morgan fingerprint density at radius 1 is 1.71 bits per heavy atom. The third-order valence-corrected chi connectivity index (χ3v) is 3.97. The summed E-state index contributed by atoms with van der Waals surface area (Å²) in [7, 11) is 0. The average molecular weight is 253 g/mol. The summed E-state index contributed by atoms with van der Waals surface area (Å²) >= 11 is 1.38. The third kappa shape index (κ3) is 3.43. The van der Waals surface area contributed by atoms with Crippen molar-refractivity contribution in [3.05, 3.63) is 11.1 Å². The molecule has 5 heteroatoms. The molecule has 0 aromatic carbocycles. The van der Waals surface area contributed by atoms with Crippen molar-refractivity contribution in [3.63, 3.8) is 0 Å². The van der Waals surface area contributed by atoms with E-state index in [0.29, 0.717) is 23.0 Å². The molecule has 0 bridgehead atoms. The topological polar surface area (TPSA) is 68.0 Å². The fourth-order valence-corrected chi connectivity index (χ4v) is 2.97. The van der Waals surface area contributed by atoms with E-state index in [4.69, 9.17) is 5.73 Å². The number of hydrogen-bond acceptors (Lipinski definition) is 4. The molecule has 0 radical (unpaired) electrons. The summed E-state index contributed by atoms with van der Waals surface area (Å²) in [4.78, 5) is 15.9. The molecule has 0 aliphatic heterocycles. The first-order valence-electron chi connectivity index (χ1n) is 5.94. The largest absolute Gasteiger partial charge is 0.375 e. The Morgan fingerprint density at radius 2 is 2.47 bits per heavy atom. The second-order valence-corrected chi connectivity index (χ2v) is 6.41. The molecule has 1 aromatic rings. The van der Waals surface area contributed by atoms with Crippen LogP contribution in [0.1, 0.15) is 38.8 Å². The molecule has 1 amide bonds. The van der Waals surface area contributed by atoms with Crippen LogP contribution in [0.5, 0.6) is 0 Å². The van der Waals surface area contributed by atoms with Gasteiger partial charge in [-0.3, -0.25) is 4.79 Å². The molecule has 0 spiro atoms. The highest BCUT2D eigenvalue weighted by Crippen LogP contribution is 2.36. The average Bonchev–Trinajstić information content (AvgIpc) is 2.73. The van der Waals surface area contributed by atoms with Gasteiger partial charge in [0.15, 0.2) is 5.13 Å². The highest BCUT2D eigenvalue weighted by Gasteiger charge is 2.31. The molecule has 1 heterocycles. The molecule has 4 nitrogen and oxygen atoms in total. The molecule has 17 heavy (non-hydrogen) atoms. The van der Waals surface area contributed by atoms with Crippen LogP contribution in [0.15, 0.2) is 5.38 Å². The van der Waals surface area contributed by atoms with E-state index < -0.39 is 0 Å². The number of nitrogen functional groups attached to an aromatic ring is 1. The minimum absolute atomic E-state index is 0.0537. The first kappa shape index (κ1) is 12.4. The zero-order valence-electron chi connectivity index (χ0n) is 10.3. The quantitative estimate of drug-likeness (QED) is 0.865. The van der Waals surface area contributed by atoms with E-state index in [1.807, 2.05) is 5.38 Å². The number of nitrogens with two attached hydrogens (primary N) is 1. The van der Waals surface area contributed by atoms with Crippen molar-refractivity contribution in [2.45, 2.75) is 45.6 Å². The summed E-state index contributed by atoms with van der Waals surface area (Å²) < 4.78 is 0. The third-order valence-electron chi connectivity index (χ3n) is 3.24. The van der Waals surface area contributed by atoms with Crippen molar-refractivity contribution in [2.24, 2.45) is 5.41 Å². The summed E-state index contributed by atoms with van der Waals surface area (Å²) in [6, 6.07) is 0.327. The second kappa shape index (κ2) is 4.64. The van der Waals surface area contributed by atoms with Crippen LogP contribution in [0.3, 0.4) is 0 Å². The second-order valence-electron chi connectivity index (χ2n) is 5.53. The van der Waals surface area contributed by atoms with Gasteiger partial charge in [0.1, 0.15) is 0 Å². The number of hydrogen-bond donors (Lipinski definition) is 2. The molecule has 94 valence electrons. The lowest BCUT2D eigenvalue weighted by molar-refractivity contribution is -0.121. The number of rotatable bonds is 3. The molecule has 1 fully saturated rings. The van der Waals surface area contributed by atoms with Crippen LogP contribution < -0.4 is 11.1 Å². The number of nitrogens with one attached hydrogen (secondary N) is 1. The Labute approximate surface area is 106 Å². The van der Waals surface area contributed by atoms with Crippen LogP contribution in [0.4, 0.5) is 5.13 Å². The fraction of sp³-hybridized carbons (Fsp3) is 0.667. The molecule has 1 unspecified atom stereocenters. The zero-order valence-corrected chi connectivity index (χ0v) is 11.1. The van der Waals surface area contributed by atoms with Gasteiger partial charge in [-0.2, -0.15) is 0 Å². The van der Waals surface area contributed by atoms with Crippen molar-refractivity contribution in [2.75, 3.05) is 5.73 Å². The van der Waals surface area contributed by atoms with Gasteiger partial charge in [-0.05, 0) is 24.7 Å². The van der Waals surface area contributed by atoms with Crippen LogP contribution in [0, 0.1) is 5.41 Å². The maximum Gasteiger partial charge on any atom is 0.226 e. The number of anilines is 1. The molecular weight excluding hydrogens is 234 g/mol. The molecule has 1 aromatic heterocycles. The number of aromatic nitrogens is 1.